The Labute approximate surface area is 276 Å². The van der Waals surface area contributed by atoms with Crippen molar-refractivity contribution in [2.24, 2.45) is 0 Å². The van der Waals surface area contributed by atoms with Crippen LogP contribution in [0.25, 0.3) is 0 Å². The van der Waals surface area contributed by atoms with E-state index in [1.165, 1.54) is 30.5 Å². The van der Waals surface area contributed by atoms with Crippen molar-refractivity contribution in [2.75, 3.05) is 32.1 Å². The lowest BCUT2D eigenvalue weighted by Gasteiger charge is -2.41. The van der Waals surface area contributed by atoms with Crippen molar-refractivity contribution in [1.29, 1.82) is 0 Å². The molecule has 2 aliphatic rings. The Morgan fingerprint density at radius 3 is 2.21 bits per heavy atom. The number of carboxylic acids is 2. The van der Waals surface area contributed by atoms with Crippen molar-refractivity contribution in [1.82, 2.24) is 19.8 Å². The molecule has 2 aromatic heterocycles. The van der Waals surface area contributed by atoms with Crippen LogP contribution in [0.15, 0.2) is 72.0 Å². The molecule has 1 fully saturated rings. The molecule has 0 radical (unpaired) electrons. The first-order valence-electron chi connectivity index (χ1n) is 14.5. The number of aliphatic carboxylic acids is 2. The summed E-state index contributed by atoms with van der Waals surface area (Å²) in [6.45, 7) is 3.54. The van der Waals surface area contributed by atoms with E-state index in [9.17, 15) is 32.7 Å². The largest absolute Gasteiger partial charge is 0.481 e. The quantitative estimate of drug-likeness (QED) is 0.287. The Hall–Kier alpha value is -5.19. The van der Waals surface area contributed by atoms with Crippen LogP contribution in [0.4, 0.5) is 5.69 Å². The van der Waals surface area contributed by atoms with Gasteiger partial charge in [-0.05, 0) is 50.1 Å². The highest BCUT2D eigenvalue weighted by Crippen LogP contribution is 2.54. The minimum absolute atomic E-state index is 0.0576. The third-order valence-electron chi connectivity index (χ3n) is 7.80. The van der Waals surface area contributed by atoms with Gasteiger partial charge in [0.05, 0.1) is 24.9 Å². The lowest BCUT2D eigenvalue weighted by Crippen LogP contribution is -2.59. The maximum Gasteiger partial charge on any atom is 0.328 e. The number of hydrogen-bond donors (Lipinski definition) is 3. The molecule has 2 aliphatic heterocycles. The number of carboxylic acid groups (broad SMARTS) is 2. The van der Waals surface area contributed by atoms with Crippen LogP contribution in [0.5, 0.6) is 5.88 Å². The van der Waals surface area contributed by atoms with Crippen molar-refractivity contribution in [3.05, 3.63) is 89.3 Å². The minimum atomic E-state index is -4.50. The number of pyridine rings is 2. The van der Waals surface area contributed by atoms with Gasteiger partial charge in [0.2, 0.25) is 11.8 Å². The molecule has 4 heterocycles. The van der Waals surface area contributed by atoms with Crippen LogP contribution in [0.1, 0.15) is 28.7 Å². The molecule has 0 aliphatic carbocycles. The number of aromatic nitrogens is 2. The van der Waals surface area contributed by atoms with Gasteiger partial charge in [-0.1, -0.05) is 23.8 Å². The fourth-order valence-corrected chi connectivity index (χ4v) is 7.19. The minimum Gasteiger partial charge on any atom is -0.481 e. The Morgan fingerprint density at radius 1 is 1.00 bits per heavy atom. The molecule has 3 aromatic rings. The number of nitrogens with zero attached hydrogens (tertiary/aromatic N) is 5. The molecular weight excluding hydrogens is 646 g/mol. The molecule has 1 saturated heterocycles. The molecule has 0 saturated carbocycles. The van der Waals surface area contributed by atoms with Crippen molar-refractivity contribution >= 4 is 39.5 Å². The highest BCUT2D eigenvalue weighted by atomic mass is 32.2. The fraction of sp³-hybridized carbons (Fsp3) is 0.312. The zero-order chi connectivity index (χ0) is 35.6. The predicted octanol–water partition coefficient (Wildman–Crippen LogP) is 1.32. The standard InChI is InChI=1S/C28H31N5O6S.C4H4O4/c1-17-8-10-22-21(13-17)28(20-7-6-12-29-25(20)39-5,32-16-19(34)14-23(32)26(35)31(3)4)27(36)33(22)40(37,38)24-11-9-18(2)15-30-24;5-3(6)1-2-4(7)8/h6-13,15,19,23,34H,14,16H2,1-5H3;1-2H,(H,5,6)(H,7,8)/t19-,23+,28?;/m1./s1. The Kier molecular flexibility index (Phi) is 10.3. The average Bonchev–Trinajstić information content (AvgIpc) is 3.54. The lowest BCUT2D eigenvalue weighted by molar-refractivity contribution is -0.138. The first-order chi connectivity index (χ1) is 22.6. The molecule has 16 heteroatoms. The molecular formula is C32H35N5O10S. The number of likely N-dealkylation sites (tertiary alicyclic amines) is 1. The van der Waals surface area contributed by atoms with Crippen molar-refractivity contribution < 1.29 is 47.7 Å². The van der Waals surface area contributed by atoms with Crippen LogP contribution >= 0.6 is 0 Å². The van der Waals surface area contributed by atoms with Crippen LogP contribution in [0.3, 0.4) is 0 Å². The number of aryl methyl sites for hydroxylation is 2. The summed E-state index contributed by atoms with van der Waals surface area (Å²) < 4.78 is 34.6. The SMILES string of the molecule is COc1ncccc1C1(N2C[C@H](O)C[C@H]2C(=O)N(C)C)C(=O)N(S(=O)(=O)c2ccc(C)cn2)c2ccc(C)cc21.O=C(O)C=CC(=O)O. The molecule has 15 nitrogen and oxygen atoms in total. The maximum absolute atomic E-state index is 15.0. The Balaban J connectivity index is 0.000000579. The van der Waals surface area contributed by atoms with E-state index in [1.54, 1.807) is 62.3 Å². The van der Waals surface area contributed by atoms with Gasteiger partial charge in [-0.25, -0.2) is 19.6 Å². The number of β-amino-alcohol motifs (C(OH)–C–C–N with tert-alkyl or cyclic N) is 1. The van der Waals surface area contributed by atoms with E-state index in [1.807, 2.05) is 6.92 Å². The lowest BCUT2D eigenvalue weighted by atomic mass is 9.81. The number of ether oxygens (including phenoxy) is 1. The van der Waals surface area contributed by atoms with Gasteiger partial charge in [-0.15, -0.1) is 0 Å². The topological polar surface area (TPSA) is 208 Å². The number of hydrogen-bond acceptors (Lipinski definition) is 11. The predicted molar refractivity (Wildman–Crippen MR) is 171 cm³/mol. The number of anilines is 1. The Bertz CT molecular complexity index is 1860. The smallest absolute Gasteiger partial charge is 0.328 e. The van der Waals surface area contributed by atoms with Gasteiger partial charge in [0.1, 0.15) is 0 Å². The highest BCUT2D eigenvalue weighted by molar-refractivity contribution is 7.93. The summed E-state index contributed by atoms with van der Waals surface area (Å²) >= 11 is 0. The number of amides is 2. The zero-order valence-corrected chi connectivity index (χ0v) is 27.6. The number of aliphatic hydroxyl groups excluding tert-OH is 1. The second-order valence-corrected chi connectivity index (χ2v) is 13.1. The molecule has 5 rings (SSSR count). The van der Waals surface area contributed by atoms with Gasteiger partial charge in [0.15, 0.2) is 10.6 Å². The van der Waals surface area contributed by atoms with E-state index in [-0.39, 0.29) is 41.0 Å². The van der Waals surface area contributed by atoms with E-state index in [0.717, 1.165) is 15.4 Å². The summed E-state index contributed by atoms with van der Waals surface area (Å²) in [6.07, 6.45) is 3.15. The number of sulfonamides is 1. The third kappa shape index (κ3) is 6.49. The molecule has 2 amide bonds. The molecule has 0 spiro atoms. The molecule has 0 bridgehead atoms. The first-order valence-corrected chi connectivity index (χ1v) is 15.9. The van der Waals surface area contributed by atoms with Crippen molar-refractivity contribution in [3.63, 3.8) is 0 Å². The number of methoxy groups -OCH3 is 1. The normalized spacial score (nSPS) is 20.6. The number of rotatable bonds is 8. The van der Waals surface area contributed by atoms with Gasteiger partial charge in [0, 0.05) is 56.3 Å². The number of benzene rings is 1. The van der Waals surface area contributed by atoms with Gasteiger partial charge >= 0.3 is 11.9 Å². The third-order valence-corrected chi connectivity index (χ3v) is 9.42. The van der Waals surface area contributed by atoms with Crippen molar-refractivity contribution in [2.45, 2.75) is 43.0 Å². The van der Waals surface area contributed by atoms with Crippen LogP contribution in [0, 0.1) is 13.8 Å². The first kappa shape index (κ1) is 35.7. The second kappa shape index (κ2) is 13.9. The number of likely N-dealkylation sites (N-methyl/N-ethyl adjacent to an activating group) is 1. The van der Waals surface area contributed by atoms with Crippen LogP contribution in [0.2, 0.25) is 0 Å². The average molecular weight is 682 g/mol. The fourth-order valence-electron chi connectivity index (χ4n) is 5.81. The number of fused-ring (bicyclic) bond motifs is 1. The van der Waals surface area contributed by atoms with Crippen molar-refractivity contribution in [3.8, 4) is 5.88 Å². The summed E-state index contributed by atoms with van der Waals surface area (Å²) in [5, 5.41) is 26.2. The zero-order valence-electron chi connectivity index (χ0n) is 26.8. The number of aliphatic hydroxyl groups is 1. The van der Waals surface area contributed by atoms with Gasteiger partial charge < -0.3 is 25.0 Å². The van der Waals surface area contributed by atoms with E-state index in [2.05, 4.69) is 9.97 Å². The molecule has 254 valence electrons. The monoisotopic (exact) mass is 681 g/mol. The molecule has 1 unspecified atom stereocenters. The molecule has 3 atom stereocenters. The van der Waals surface area contributed by atoms with E-state index in [4.69, 9.17) is 14.9 Å². The van der Waals surface area contributed by atoms with E-state index < -0.39 is 45.6 Å². The van der Waals surface area contributed by atoms with Gasteiger partial charge in [-0.2, -0.15) is 12.7 Å². The number of carbonyl (C=O) groups is 4. The van der Waals surface area contributed by atoms with Crippen LogP contribution in [-0.2, 0) is 34.7 Å². The molecule has 48 heavy (non-hydrogen) atoms. The summed E-state index contributed by atoms with van der Waals surface area (Å²) in [4.78, 5) is 59.0. The summed E-state index contributed by atoms with van der Waals surface area (Å²) in [5.74, 6) is -3.59. The van der Waals surface area contributed by atoms with Gasteiger partial charge in [-0.3, -0.25) is 14.5 Å². The summed E-state index contributed by atoms with van der Waals surface area (Å²) in [5.41, 5.74) is 0.378. The second-order valence-electron chi connectivity index (χ2n) is 11.3. The maximum atomic E-state index is 15.0. The van der Waals surface area contributed by atoms with Gasteiger partial charge in [0.25, 0.3) is 15.9 Å². The highest BCUT2D eigenvalue weighted by Gasteiger charge is 2.64. The summed E-state index contributed by atoms with van der Waals surface area (Å²) in [7, 11) is 0.0935. The molecule has 3 N–H and O–H groups in total. The van der Waals surface area contributed by atoms with E-state index >= 15 is 0 Å². The van der Waals surface area contributed by atoms with E-state index in [0.29, 0.717) is 17.7 Å². The van der Waals surface area contributed by atoms with Crippen LogP contribution in [-0.4, -0.2) is 107 Å². The number of carbonyl (C=O) groups excluding carboxylic acids is 2. The van der Waals surface area contributed by atoms with Crippen LogP contribution < -0.4 is 9.04 Å². The summed E-state index contributed by atoms with van der Waals surface area (Å²) in [6, 6.07) is 10.3. The molecule has 1 aromatic carbocycles. The Morgan fingerprint density at radius 2 is 1.65 bits per heavy atom.